The van der Waals surface area contributed by atoms with Gasteiger partial charge < -0.3 is 15.4 Å². The summed E-state index contributed by atoms with van der Waals surface area (Å²) in [5.41, 5.74) is 2.76. The second-order valence-electron chi connectivity index (χ2n) is 6.14. The van der Waals surface area contributed by atoms with Gasteiger partial charge >= 0.3 is 0 Å². The van der Waals surface area contributed by atoms with Crippen LogP contribution >= 0.6 is 0 Å². The Kier molecular flexibility index (Phi) is 6.01. The molecule has 28 heavy (non-hydrogen) atoms. The first-order valence-electron chi connectivity index (χ1n) is 8.94. The minimum Gasteiger partial charge on any atom is -0.492 e. The standard InChI is InChI=1S/C22H21N3O3/c1-3-28-20-10-5-4-9-18(20)25-21(26)16-11-12-23-19(14-16)22(27)24-17-8-6-7-15(2)13-17/h4-14H,3H2,1-2H3,(H,24,27)(H,25,26). The zero-order chi connectivity index (χ0) is 19.9. The van der Waals surface area contributed by atoms with Crippen LogP contribution in [0.1, 0.15) is 33.3 Å². The van der Waals surface area contributed by atoms with Crippen molar-refractivity contribution in [3.8, 4) is 5.75 Å². The Hall–Kier alpha value is -3.67. The Labute approximate surface area is 163 Å². The third kappa shape index (κ3) is 4.73. The minimum atomic E-state index is -0.380. The molecule has 0 atom stereocenters. The minimum absolute atomic E-state index is 0.159. The number of nitrogens with zero attached hydrogens (tertiary/aromatic N) is 1. The van der Waals surface area contributed by atoms with Gasteiger partial charge in [-0.3, -0.25) is 14.6 Å². The van der Waals surface area contributed by atoms with Gasteiger partial charge in [0.2, 0.25) is 0 Å². The van der Waals surface area contributed by atoms with E-state index in [2.05, 4.69) is 15.6 Å². The first kappa shape index (κ1) is 19.1. The summed E-state index contributed by atoms with van der Waals surface area (Å²) in [6.07, 6.45) is 1.44. The van der Waals surface area contributed by atoms with Gasteiger partial charge in [-0.15, -0.1) is 0 Å². The number of pyridine rings is 1. The van der Waals surface area contributed by atoms with E-state index < -0.39 is 0 Å². The van der Waals surface area contributed by atoms with Gasteiger partial charge in [-0.1, -0.05) is 24.3 Å². The van der Waals surface area contributed by atoms with Crippen LogP contribution in [0.15, 0.2) is 66.9 Å². The number of hydrogen-bond donors (Lipinski definition) is 2. The first-order valence-corrected chi connectivity index (χ1v) is 8.94. The highest BCUT2D eigenvalue weighted by molar-refractivity contribution is 6.08. The van der Waals surface area contributed by atoms with Crippen molar-refractivity contribution in [2.75, 3.05) is 17.2 Å². The number of hydrogen-bond acceptors (Lipinski definition) is 4. The summed E-state index contributed by atoms with van der Waals surface area (Å²) in [5, 5.41) is 5.60. The maximum Gasteiger partial charge on any atom is 0.274 e. The number of rotatable bonds is 6. The topological polar surface area (TPSA) is 80.3 Å². The van der Waals surface area contributed by atoms with Crippen LogP contribution in [0.2, 0.25) is 0 Å². The van der Waals surface area contributed by atoms with Gasteiger partial charge in [0.05, 0.1) is 12.3 Å². The SMILES string of the molecule is CCOc1ccccc1NC(=O)c1ccnc(C(=O)Nc2cccc(C)c2)c1. The van der Waals surface area contributed by atoms with Gasteiger partial charge in [0.1, 0.15) is 11.4 Å². The number of amides is 2. The molecule has 0 spiro atoms. The van der Waals surface area contributed by atoms with Gasteiger partial charge in [-0.2, -0.15) is 0 Å². The number of anilines is 2. The molecule has 0 saturated heterocycles. The molecule has 0 unspecified atom stereocenters. The highest BCUT2D eigenvalue weighted by Gasteiger charge is 2.14. The van der Waals surface area contributed by atoms with Gasteiger partial charge in [0.15, 0.2) is 0 Å². The molecule has 0 radical (unpaired) electrons. The number of carbonyl (C=O) groups excluding carboxylic acids is 2. The van der Waals surface area contributed by atoms with Crippen molar-refractivity contribution in [2.45, 2.75) is 13.8 Å². The molecule has 3 aromatic rings. The zero-order valence-corrected chi connectivity index (χ0v) is 15.7. The quantitative estimate of drug-likeness (QED) is 0.673. The van der Waals surface area contributed by atoms with E-state index in [1.165, 1.54) is 12.3 Å². The molecule has 2 amide bonds. The van der Waals surface area contributed by atoms with Crippen LogP contribution in [0.5, 0.6) is 5.75 Å². The molecule has 0 bridgehead atoms. The molecule has 2 aromatic carbocycles. The average molecular weight is 375 g/mol. The van der Waals surface area contributed by atoms with Crippen LogP contribution in [0.4, 0.5) is 11.4 Å². The molecule has 1 aromatic heterocycles. The Balaban J connectivity index is 1.75. The third-order valence-electron chi connectivity index (χ3n) is 3.97. The summed E-state index contributed by atoms with van der Waals surface area (Å²) in [6, 6.07) is 17.7. The molecule has 0 aliphatic heterocycles. The normalized spacial score (nSPS) is 10.2. The highest BCUT2D eigenvalue weighted by Crippen LogP contribution is 2.24. The summed E-state index contributed by atoms with van der Waals surface area (Å²) in [4.78, 5) is 29.2. The number of para-hydroxylation sites is 2. The number of benzene rings is 2. The average Bonchev–Trinajstić information content (AvgIpc) is 2.70. The van der Waals surface area contributed by atoms with Crippen molar-refractivity contribution in [3.63, 3.8) is 0 Å². The molecule has 1 heterocycles. The molecule has 2 N–H and O–H groups in total. The van der Waals surface area contributed by atoms with E-state index in [0.717, 1.165) is 5.56 Å². The van der Waals surface area contributed by atoms with E-state index in [9.17, 15) is 9.59 Å². The first-order chi connectivity index (χ1) is 13.6. The molecule has 0 saturated carbocycles. The Morgan fingerprint density at radius 2 is 1.79 bits per heavy atom. The Morgan fingerprint density at radius 1 is 0.964 bits per heavy atom. The van der Waals surface area contributed by atoms with E-state index >= 15 is 0 Å². The fraction of sp³-hybridized carbons (Fsp3) is 0.136. The van der Waals surface area contributed by atoms with Gasteiger partial charge in [-0.05, 0) is 55.8 Å². The fourth-order valence-electron chi connectivity index (χ4n) is 2.66. The lowest BCUT2D eigenvalue weighted by Crippen LogP contribution is -2.17. The van der Waals surface area contributed by atoms with E-state index in [0.29, 0.717) is 29.3 Å². The van der Waals surface area contributed by atoms with Crippen molar-refractivity contribution in [2.24, 2.45) is 0 Å². The van der Waals surface area contributed by atoms with Crippen LogP contribution in [-0.2, 0) is 0 Å². The largest absolute Gasteiger partial charge is 0.492 e. The maximum absolute atomic E-state index is 12.6. The lowest BCUT2D eigenvalue weighted by Gasteiger charge is -2.11. The van der Waals surface area contributed by atoms with Gasteiger partial charge in [0, 0.05) is 17.4 Å². The third-order valence-corrected chi connectivity index (χ3v) is 3.97. The number of carbonyl (C=O) groups is 2. The van der Waals surface area contributed by atoms with Crippen molar-refractivity contribution >= 4 is 23.2 Å². The summed E-state index contributed by atoms with van der Waals surface area (Å²) in [6.45, 7) is 4.31. The van der Waals surface area contributed by atoms with Crippen molar-refractivity contribution in [3.05, 3.63) is 83.7 Å². The molecule has 0 aliphatic carbocycles. The number of aromatic nitrogens is 1. The Bertz CT molecular complexity index is 1000. The fourth-order valence-corrected chi connectivity index (χ4v) is 2.66. The van der Waals surface area contributed by atoms with Crippen LogP contribution in [0.25, 0.3) is 0 Å². The van der Waals surface area contributed by atoms with Gasteiger partial charge in [0.25, 0.3) is 11.8 Å². The molecule has 6 heteroatoms. The maximum atomic E-state index is 12.6. The number of ether oxygens (including phenoxy) is 1. The van der Waals surface area contributed by atoms with Crippen LogP contribution in [0.3, 0.4) is 0 Å². The van der Waals surface area contributed by atoms with E-state index in [1.54, 1.807) is 24.3 Å². The molecular weight excluding hydrogens is 354 g/mol. The van der Waals surface area contributed by atoms with Crippen molar-refractivity contribution < 1.29 is 14.3 Å². The lowest BCUT2D eigenvalue weighted by molar-refractivity contribution is 0.102. The van der Waals surface area contributed by atoms with E-state index in [4.69, 9.17) is 4.74 Å². The van der Waals surface area contributed by atoms with Crippen LogP contribution in [0, 0.1) is 6.92 Å². The van der Waals surface area contributed by atoms with Crippen LogP contribution in [-0.4, -0.2) is 23.4 Å². The molecule has 0 aliphatic rings. The predicted molar refractivity (Wildman–Crippen MR) is 109 cm³/mol. The molecule has 142 valence electrons. The van der Waals surface area contributed by atoms with Crippen molar-refractivity contribution in [1.29, 1.82) is 0 Å². The second kappa shape index (κ2) is 8.81. The smallest absolute Gasteiger partial charge is 0.274 e. The predicted octanol–water partition coefficient (Wildman–Crippen LogP) is 4.29. The second-order valence-corrected chi connectivity index (χ2v) is 6.14. The van der Waals surface area contributed by atoms with Crippen molar-refractivity contribution in [1.82, 2.24) is 4.98 Å². The van der Waals surface area contributed by atoms with Gasteiger partial charge in [-0.25, -0.2) is 0 Å². The summed E-state index contributed by atoms with van der Waals surface area (Å²) < 4.78 is 5.52. The summed E-state index contributed by atoms with van der Waals surface area (Å²) in [7, 11) is 0. The number of nitrogens with one attached hydrogen (secondary N) is 2. The molecule has 6 nitrogen and oxygen atoms in total. The summed E-state index contributed by atoms with van der Waals surface area (Å²) >= 11 is 0. The summed E-state index contributed by atoms with van der Waals surface area (Å²) in [5.74, 6) is -0.140. The lowest BCUT2D eigenvalue weighted by atomic mass is 10.2. The highest BCUT2D eigenvalue weighted by atomic mass is 16.5. The monoisotopic (exact) mass is 375 g/mol. The molecule has 3 rings (SSSR count). The van der Waals surface area contributed by atoms with E-state index in [-0.39, 0.29) is 17.5 Å². The molecular formula is C22H21N3O3. The zero-order valence-electron chi connectivity index (χ0n) is 15.7. The van der Waals surface area contributed by atoms with E-state index in [1.807, 2.05) is 44.2 Å². The Morgan fingerprint density at radius 3 is 2.57 bits per heavy atom. The molecule has 0 fully saturated rings. The van der Waals surface area contributed by atoms with Crippen LogP contribution < -0.4 is 15.4 Å². The number of aryl methyl sites for hydroxylation is 1.